The zero-order chi connectivity index (χ0) is 11.8. The number of hydrogen-bond acceptors (Lipinski definition) is 4. The number of aliphatic carboxylic acids is 1. The molecule has 2 heterocycles. The Balaban J connectivity index is 1.96. The molecule has 0 aromatic carbocycles. The predicted molar refractivity (Wildman–Crippen MR) is 56.8 cm³/mol. The lowest BCUT2D eigenvalue weighted by atomic mass is 9.96. The summed E-state index contributed by atoms with van der Waals surface area (Å²) in [5.74, 6) is -0.783. The van der Waals surface area contributed by atoms with Crippen LogP contribution in [0.1, 0.15) is 26.7 Å². The summed E-state index contributed by atoms with van der Waals surface area (Å²) < 4.78 is 11.2. The van der Waals surface area contributed by atoms with Gasteiger partial charge in [0.05, 0.1) is 13.2 Å². The van der Waals surface area contributed by atoms with Crippen LogP contribution in [0.4, 0.5) is 0 Å². The molecule has 0 spiro atoms. The largest absolute Gasteiger partial charge is 0.480 e. The van der Waals surface area contributed by atoms with E-state index in [1.54, 1.807) is 4.90 Å². The fraction of sp³-hybridized carbons (Fsp3) is 0.909. The highest BCUT2D eigenvalue weighted by Gasteiger charge is 2.40. The number of carbonyl (C=O) groups is 1. The van der Waals surface area contributed by atoms with E-state index in [2.05, 4.69) is 13.8 Å². The molecule has 2 rings (SSSR count). The van der Waals surface area contributed by atoms with Gasteiger partial charge < -0.3 is 14.6 Å². The number of rotatable bonds is 2. The van der Waals surface area contributed by atoms with Crippen LogP contribution in [0.15, 0.2) is 0 Å². The van der Waals surface area contributed by atoms with Gasteiger partial charge in [-0.2, -0.15) is 0 Å². The van der Waals surface area contributed by atoms with Crippen LogP contribution >= 0.6 is 0 Å². The summed E-state index contributed by atoms with van der Waals surface area (Å²) in [7, 11) is 0. The minimum Gasteiger partial charge on any atom is -0.480 e. The van der Waals surface area contributed by atoms with Crippen molar-refractivity contribution in [2.75, 3.05) is 19.8 Å². The summed E-state index contributed by atoms with van der Waals surface area (Å²) in [4.78, 5) is 12.8. The van der Waals surface area contributed by atoms with Crippen LogP contribution in [0, 0.1) is 5.41 Å². The maximum atomic E-state index is 11.0. The molecule has 2 saturated heterocycles. The third kappa shape index (κ3) is 2.36. The predicted octanol–water partition coefficient (Wildman–Crippen LogP) is 0.892. The molecule has 0 radical (unpaired) electrons. The minimum absolute atomic E-state index is 0.0228. The lowest BCUT2D eigenvalue weighted by Crippen LogP contribution is -2.51. The molecule has 2 aliphatic rings. The lowest BCUT2D eigenvalue weighted by Gasteiger charge is -2.39. The standard InChI is InChI=1S/C11H19NO4/c1-11(2)6-15-10(16-7-11)12-5-3-4-8(12)9(13)14/h8,10H,3-7H2,1-2H3,(H,13,14)/t8-/m0/s1. The van der Waals surface area contributed by atoms with E-state index in [9.17, 15) is 4.79 Å². The van der Waals surface area contributed by atoms with E-state index in [1.807, 2.05) is 0 Å². The molecule has 92 valence electrons. The average Bonchev–Trinajstić information content (AvgIpc) is 2.66. The van der Waals surface area contributed by atoms with Crippen molar-refractivity contribution in [1.82, 2.24) is 4.90 Å². The topological polar surface area (TPSA) is 59.0 Å². The Kier molecular flexibility index (Phi) is 3.19. The highest BCUT2D eigenvalue weighted by Crippen LogP contribution is 2.28. The first-order valence-electron chi connectivity index (χ1n) is 5.71. The molecule has 5 heteroatoms. The Labute approximate surface area is 95.3 Å². The highest BCUT2D eigenvalue weighted by atomic mass is 16.7. The van der Waals surface area contributed by atoms with Gasteiger partial charge in [0.25, 0.3) is 0 Å². The van der Waals surface area contributed by atoms with Crippen molar-refractivity contribution in [3.05, 3.63) is 0 Å². The molecule has 0 saturated carbocycles. The summed E-state index contributed by atoms with van der Waals surface area (Å²) >= 11 is 0. The van der Waals surface area contributed by atoms with Crippen LogP contribution < -0.4 is 0 Å². The highest BCUT2D eigenvalue weighted by molar-refractivity contribution is 5.73. The Bertz CT molecular complexity index is 269. The van der Waals surface area contributed by atoms with Crippen LogP contribution in [0.2, 0.25) is 0 Å². The second-order valence-corrected chi connectivity index (χ2v) is 5.33. The summed E-state index contributed by atoms with van der Waals surface area (Å²) in [6.45, 7) is 6.10. The fourth-order valence-electron chi connectivity index (χ4n) is 2.18. The summed E-state index contributed by atoms with van der Waals surface area (Å²) in [6.07, 6.45) is 1.10. The Morgan fingerprint density at radius 1 is 1.38 bits per heavy atom. The first-order valence-corrected chi connectivity index (χ1v) is 5.71. The van der Waals surface area contributed by atoms with Gasteiger partial charge in [0.1, 0.15) is 6.04 Å². The van der Waals surface area contributed by atoms with E-state index in [0.29, 0.717) is 19.6 Å². The van der Waals surface area contributed by atoms with E-state index < -0.39 is 18.4 Å². The molecule has 0 aromatic heterocycles. The van der Waals surface area contributed by atoms with Crippen molar-refractivity contribution in [3.63, 3.8) is 0 Å². The van der Waals surface area contributed by atoms with Crippen molar-refractivity contribution in [3.8, 4) is 0 Å². The molecular weight excluding hydrogens is 210 g/mol. The number of carboxylic acid groups (broad SMARTS) is 1. The first-order chi connectivity index (χ1) is 7.49. The number of hydrogen-bond donors (Lipinski definition) is 1. The monoisotopic (exact) mass is 229 g/mol. The van der Waals surface area contributed by atoms with E-state index in [1.165, 1.54) is 0 Å². The zero-order valence-corrected chi connectivity index (χ0v) is 9.81. The zero-order valence-electron chi connectivity index (χ0n) is 9.81. The number of carboxylic acids is 1. The third-order valence-corrected chi connectivity index (χ3v) is 3.08. The van der Waals surface area contributed by atoms with Gasteiger partial charge in [-0.25, -0.2) is 4.90 Å². The van der Waals surface area contributed by atoms with Crippen molar-refractivity contribution in [2.45, 2.75) is 39.1 Å². The van der Waals surface area contributed by atoms with E-state index in [0.717, 1.165) is 13.0 Å². The van der Waals surface area contributed by atoms with Gasteiger partial charge in [-0.3, -0.25) is 4.79 Å². The Morgan fingerprint density at radius 3 is 2.56 bits per heavy atom. The van der Waals surface area contributed by atoms with Gasteiger partial charge in [-0.05, 0) is 12.8 Å². The Hall–Kier alpha value is -0.650. The molecule has 0 amide bonds. The van der Waals surface area contributed by atoms with E-state index in [4.69, 9.17) is 14.6 Å². The molecular formula is C11H19NO4. The van der Waals surface area contributed by atoms with E-state index in [-0.39, 0.29) is 5.41 Å². The van der Waals surface area contributed by atoms with Crippen molar-refractivity contribution in [2.24, 2.45) is 5.41 Å². The van der Waals surface area contributed by atoms with Crippen molar-refractivity contribution in [1.29, 1.82) is 0 Å². The second-order valence-electron chi connectivity index (χ2n) is 5.33. The fourth-order valence-corrected chi connectivity index (χ4v) is 2.18. The number of ether oxygens (including phenoxy) is 2. The molecule has 1 N–H and O–H groups in total. The van der Waals surface area contributed by atoms with Crippen LogP contribution in [-0.4, -0.2) is 48.2 Å². The molecule has 0 aliphatic carbocycles. The molecule has 0 aromatic rings. The average molecular weight is 229 g/mol. The smallest absolute Gasteiger partial charge is 0.321 e. The van der Waals surface area contributed by atoms with Gasteiger partial charge in [0.15, 0.2) is 0 Å². The summed E-state index contributed by atoms with van der Waals surface area (Å²) in [6, 6.07) is -0.453. The molecule has 5 nitrogen and oxygen atoms in total. The molecule has 2 aliphatic heterocycles. The maximum absolute atomic E-state index is 11.0. The van der Waals surface area contributed by atoms with Gasteiger partial charge in [0, 0.05) is 12.0 Å². The van der Waals surface area contributed by atoms with Gasteiger partial charge in [-0.15, -0.1) is 0 Å². The van der Waals surface area contributed by atoms with E-state index >= 15 is 0 Å². The van der Waals surface area contributed by atoms with Gasteiger partial charge >= 0.3 is 5.97 Å². The quantitative estimate of drug-likeness (QED) is 0.762. The molecule has 1 atom stereocenters. The Morgan fingerprint density at radius 2 is 2.00 bits per heavy atom. The van der Waals surface area contributed by atoms with Gasteiger partial charge in [-0.1, -0.05) is 13.8 Å². The van der Waals surface area contributed by atoms with Crippen LogP contribution in [-0.2, 0) is 14.3 Å². The van der Waals surface area contributed by atoms with Crippen LogP contribution in [0.5, 0.6) is 0 Å². The summed E-state index contributed by atoms with van der Waals surface area (Å²) in [5.41, 5.74) is 0.0228. The van der Waals surface area contributed by atoms with Crippen LogP contribution in [0.3, 0.4) is 0 Å². The normalized spacial score (nSPS) is 31.8. The lowest BCUT2D eigenvalue weighted by molar-refractivity contribution is -0.285. The number of nitrogens with zero attached hydrogens (tertiary/aromatic N) is 1. The van der Waals surface area contributed by atoms with Crippen LogP contribution in [0.25, 0.3) is 0 Å². The van der Waals surface area contributed by atoms with Crippen molar-refractivity contribution >= 4 is 5.97 Å². The SMILES string of the molecule is CC1(C)COC(N2CCC[C@H]2C(=O)O)OC1. The molecule has 2 fully saturated rings. The minimum atomic E-state index is -0.783. The maximum Gasteiger partial charge on any atom is 0.321 e. The molecule has 0 unspecified atom stereocenters. The summed E-state index contributed by atoms with van der Waals surface area (Å²) in [5, 5.41) is 9.06. The number of likely N-dealkylation sites (tertiary alicyclic amines) is 1. The second kappa shape index (κ2) is 4.31. The third-order valence-electron chi connectivity index (χ3n) is 3.08. The van der Waals surface area contributed by atoms with Gasteiger partial charge in [0.2, 0.25) is 6.41 Å². The molecule has 16 heavy (non-hydrogen) atoms. The van der Waals surface area contributed by atoms with Crippen molar-refractivity contribution < 1.29 is 19.4 Å². The first kappa shape index (κ1) is 11.8. The molecule has 0 bridgehead atoms.